The minimum atomic E-state index is 0. The largest absolute Gasteiger partial charge is 2.00 e. The summed E-state index contributed by atoms with van der Waals surface area (Å²) in [6.07, 6.45) is 19.1. The summed E-state index contributed by atoms with van der Waals surface area (Å²) in [7, 11) is 0. The summed E-state index contributed by atoms with van der Waals surface area (Å²) in [6, 6.07) is 0. The summed E-state index contributed by atoms with van der Waals surface area (Å²) in [6.45, 7) is 5.77. The number of hydrogen-bond donors (Lipinski definition) is 2. The van der Waals surface area contributed by atoms with Crippen molar-refractivity contribution in [3.63, 3.8) is 0 Å². The summed E-state index contributed by atoms with van der Waals surface area (Å²) in [5, 5.41) is 5.69. The molecule has 2 rings (SSSR count). The van der Waals surface area contributed by atoms with Crippen LogP contribution in [0.5, 0.6) is 0 Å². The molecule has 136 valence electrons. The minimum Gasteiger partial charge on any atom is -0.356 e. The first kappa shape index (κ1) is 24.5. The van der Waals surface area contributed by atoms with E-state index in [0.717, 1.165) is 50.6 Å². The zero-order valence-corrected chi connectivity index (χ0v) is 16.1. The van der Waals surface area contributed by atoms with Crippen LogP contribution >= 0.6 is 0 Å². The molecule has 0 aromatic rings. The number of carbonyl (C=O) groups is 2. The van der Waals surface area contributed by atoms with Crippen LogP contribution in [0.3, 0.4) is 0 Å². The summed E-state index contributed by atoms with van der Waals surface area (Å²) in [5.74, 6) is 1.58. The Hall–Kier alpha value is -0.541. The molecule has 0 unspecified atom stereocenters. The normalized spacial score (nSPS) is 17.4. The van der Waals surface area contributed by atoms with Crippen LogP contribution in [0, 0.1) is 63.2 Å². The van der Waals surface area contributed by atoms with Crippen molar-refractivity contribution in [1.29, 1.82) is 0 Å². The van der Waals surface area contributed by atoms with Gasteiger partial charge < -0.3 is 10.6 Å². The Balaban J connectivity index is 0.000000443. The first-order valence-electron chi connectivity index (χ1n) is 8.68. The van der Waals surface area contributed by atoms with Crippen molar-refractivity contribution in [2.45, 2.75) is 39.5 Å². The third-order valence-corrected chi connectivity index (χ3v) is 3.48. The van der Waals surface area contributed by atoms with E-state index in [2.05, 4.69) is 24.5 Å². The Morgan fingerprint density at radius 2 is 1.04 bits per heavy atom. The van der Waals surface area contributed by atoms with Gasteiger partial charge in [-0.15, -0.1) is 0 Å². The standard InChI is InChI=1S/2C10H14NO.Fe/c2*1-2-3-8-11-10(12)9-6-4-5-7-9;/h2*4-7H,2-3,8H2,1H3,(H,11,12);/q;;+2. The minimum absolute atomic E-state index is 0. The van der Waals surface area contributed by atoms with Crippen molar-refractivity contribution in [1.82, 2.24) is 10.6 Å². The van der Waals surface area contributed by atoms with Crippen molar-refractivity contribution >= 4 is 11.8 Å². The van der Waals surface area contributed by atoms with E-state index in [-0.39, 0.29) is 28.9 Å². The fourth-order valence-corrected chi connectivity index (χ4v) is 2.01. The Kier molecular flexibility index (Phi) is 15.4. The second-order valence-corrected chi connectivity index (χ2v) is 5.57. The molecule has 5 heteroatoms. The SMILES string of the molecule is CCCCNC(=O)[C]1[CH][CH][CH][CH]1.CCCCNC(=O)[C]1[CH][CH][CH][CH]1.[Fe+2]. The molecule has 4 nitrogen and oxygen atoms in total. The third kappa shape index (κ3) is 10.9. The number of nitrogens with one attached hydrogen (secondary N) is 2. The van der Waals surface area contributed by atoms with Gasteiger partial charge in [-0.05, 0) is 64.2 Å². The number of unbranched alkanes of at least 4 members (excludes halogenated alkanes) is 2. The zero-order valence-electron chi connectivity index (χ0n) is 15.0. The molecule has 2 fully saturated rings. The van der Waals surface area contributed by atoms with Gasteiger partial charge in [-0.1, -0.05) is 26.7 Å². The van der Waals surface area contributed by atoms with Gasteiger partial charge in [0.25, 0.3) is 0 Å². The van der Waals surface area contributed by atoms with Gasteiger partial charge in [0.05, 0.1) is 11.8 Å². The molecule has 2 N–H and O–H groups in total. The van der Waals surface area contributed by atoms with E-state index in [4.69, 9.17) is 0 Å². The monoisotopic (exact) mass is 384 g/mol. The molecular weight excluding hydrogens is 356 g/mol. The molecule has 0 heterocycles. The number of carbonyl (C=O) groups excluding carboxylic acids is 2. The maximum atomic E-state index is 11.3. The first-order valence-corrected chi connectivity index (χ1v) is 8.68. The Labute approximate surface area is 165 Å². The van der Waals surface area contributed by atoms with Crippen molar-refractivity contribution < 1.29 is 26.7 Å². The third-order valence-electron chi connectivity index (χ3n) is 3.48. The van der Waals surface area contributed by atoms with Crippen LogP contribution in [0.1, 0.15) is 39.5 Å². The van der Waals surface area contributed by atoms with Gasteiger partial charge in [-0.3, -0.25) is 9.59 Å². The predicted octanol–water partition coefficient (Wildman–Crippen LogP) is 2.61. The van der Waals surface area contributed by atoms with Crippen LogP contribution in [-0.2, 0) is 26.7 Å². The van der Waals surface area contributed by atoms with Crippen molar-refractivity contribution in [3.05, 3.63) is 63.2 Å². The molecule has 0 aromatic heterocycles. The molecule has 0 spiro atoms. The summed E-state index contributed by atoms with van der Waals surface area (Å²) in [5.41, 5.74) is 0. The predicted molar refractivity (Wildman–Crippen MR) is 96.7 cm³/mol. The summed E-state index contributed by atoms with van der Waals surface area (Å²) >= 11 is 0. The number of hydrogen-bond acceptors (Lipinski definition) is 2. The Bertz CT molecular complexity index is 318. The molecular formula is C20H28FeN2O2+2. The molecule has 2 saturated carbocycles. The molecule has 2 aliphatic rings. The van der Waals surface area contributed by atoms with Crippen LogP contribution in [-0.4, -0.2) is 24.9 Å². The van der Waals surface area contributed by atoms with E-state index in [0.29, 0.717) is 0 Å². The van der Waals surface area contributed by atoms with Crippen LogP contribution in [0.2, 0.25) is 0 Å². The maximum absolute atomic E-state index is 11.3. The van der Waals surface area contributed by atoms with Crippen LogP contribution in [0.4, 0.5) is 0 Å². The fourth-order valence-electron chi connectivity index (χ4n) is 2.01. The molecule has 0 aliphatic heterocycles. The average molecular weight is 384 g/mol. The topological polar surface area (TPSA) is 58.2 Å². The zero-order chi connectivity index (χ0) is 17.6. The number of amides is 2. The van der Waals surface area contributed by atoms with Gasteiger partial charge in [0.2, 0.25) is 11.8 Å². The molecule has 0 bridgehead atoms. The van der Waals surface area contributed by atoms with Crippen molar-refractivity contribution in [2.75, 3.05) is 13.1 Å². The quantitative estimate of drug-likeness (QED) is 0.499. The van der Waals surface area contributed by atoms with Gasteiger partial charge in [-0.2, -0.15) is 0 Å². The summed E-state index contributed by atoms with van der Waals surface area (Å²) in [4.78, 5) is 22.5. The second-order valence-electron chi connectivity index (χ2n) is 5.57. The Morgan fingerprint density at radius 1 is 0.720 bits per heavy atom. The summed E-state index contributed by atoms with van der Waals surface area (Å²) < 4.78 is 0. The van der Waals surface area contributed by atoms with E-state index in [1.807, 2.05) is 51.4 Å². The van der Waals surface area contributed by atoms with Crippen molar-refractivity contribution in [2.24, 2.45) is 0 Å². The molecule has 2 aliphatic carbocycles. The van der Waals surface area contributed by atoms with Gasteiger partial charge in [0, 0.05) is 13.1 Å². The van der Waals surface area contributed by atoms with E-state index in [1.165, 1.54) is 0 Å². The van der Waals surface area contributed by atoms with Gasteiger partial charge in [0.15, 0.2) is 0 Å². The molecule has 0 atom stereocenters. The van der Waals surface area contributed by atoms with E-state index in [9.17, 15) is 9.59 Å². The van der Waals surface area contributed by atoms with Crippen LogP contribution in [0.25, 0.3) is 0 Å². The van der Waals surface area contributed by atoms with E-state index >= 15 is 0 Å². The molecule has 0 aromatic carbocycles. The second kappa shape index (κ2) is 15.7. The smallest absolute Gasteiger partial charge is 0.356 e. The fraction of sp³-hybridized carbons (Fsp3) is 0.400. The maximum Gasteiger partial charge on any atom is 2.00 e. The average Bonchev–Trinajstić information content (AvgIpc) is 3.29. The molecule has 2 amide bonds. The van der Waals surface area contributed by atoms with Gasteiger partial charge in [-0.25, -0.2) is 0 Å². The van der Waals surface area contributed by atoms with Gasteiger partial charge in [0.1, 0.15) is 0 Å². The van der Waals surface area contributed by atoms with Gasteiger partial charge >= 0.3 is 17.1 Å². The number of rotatable bonds is 8. The van der Waals surface area contributed by atoms with Crippen LogP contribution < -0.4 is 10.6 Å². The molecule has 0 saturated heterocycles. The van der Waals surface area contributed by atoms with E-state index in [1.54, 1.807) is 0 Å². The molecule has 10 radical (unpaired) electrons. The first-order chi connectivity index (χ1) is 11.7. The molecule has 25 heavy (non-hydrogen) atoms. The van der Waals surface area contributed by atoms with E-state index < -0.39 is 0 Å². The van der Waals surface area contributed by atoms with Crippen LogP contribution in [0.15, 0.2) is 0 Å². The Morgan fingerprint density at radius 3 is 1.32 bits per heavy atom. The van der Waals surface area contributed by atoms with Crippen molar-refractivity contribution in [3.8, 4) is 0 Å².